The first-order valence-corrected chi connectivity index (χ1v) is 21.3. The van der Waals surface area contributed by atoms with Crippen LogP contribution in [-0.2, 0) is 0 Å². The summed E-state index contributed by atoms with van der Waals surface area (Å²) < 4.78 is 2.53. The summed E-state index contributed by atoms with van der Waals surface area (Å²) in [5.74, 6) is 0. The van der Waals surface area contributed by atoms with E-state index in [0.29, 0.717) is 12.1 Å². The third kappa shape index (κ3) is 16.1. The molecular weight excluding hydrogens is 581 g/mol. The summed E-state index contributed by atoms with van der Waals surface area (Å²) in [6.07, 6.45) is 51.9. The standard InChI is InChI=1S/C46H75N2/c1-47(44-28-24-20-16-12-8-4-2-5-9-13-17-21-25-29-44)45-36-34-42(35-37-45)32-33-43-38-40-48(41-39-43)46-30-26-22-18-14-10-6-3-7-11-15-19-23-27-31-46/h32-41,44,46H,2-31H2,1H3/q+1. The molecule has 0 atom stereocenters. The smallest absolute Gasteiger partial charge is 0.169 e. The summed E-state index contributed by atoms with van der Waals surface area (Å²) in [5.41, 5.74) is 3.97. The van der Waals surface area contributed by atoms with Gasteiger partial charge in [0, 0.05) is 43.8 Å². The van der Waals surface area contributed by atoms with Crippen LogP contribution in [0.4, 0.5) is 5.69 Å². The molecule has 268 valence electrons. The predicted octanol–water partition coefficient (Wildman–Crippen LogP) is 14.2. The Bertz CT molecular complexity index is 1040. The number of hydrogen-bond acceptors (Lipinski definition) is 1. The van der Waals surface area contributed by atoms with Crippen LogP contribution in [0.3, 0.4) is 0 Å². The number of hydrogen-bond donors (Lipinski definition) is 0. The normalized spacial score (nSPS) is 21.2. The third-order valence-corrected chi connectivity index (χ3v) is 11.8. The van der Waals surface area contributed by atoms with Crippen LogP contribution in [0.1, 0.15) is 210 Å². The zero-order valence-electron chi connectivity index (χ0n) is 31.5. The minimum atomic E-state index is 0.657. The fraction of sp³-hybridized carbons (Fsp3) is 0.717. The molecule has 0 bridgehead atoms. The van der Waals surface area contributed by atoms with Gasteiger partial charge in [0.2, 0.25) is 0 Å². The number of anilines is 1. The second-order valence-electron chi connectivity index (χ2n) is 15.8. The summed E-state index contributed by atoms with van der Waals surface area (Å²) >= 11 is 0. The van der Waals surface area contributed by atoms with Gasteiger partial charge in [0.05, 0.1) is 0 Å². The maximum absolute atomic E-state index is 2.60. The van der Waals surface area contributed by atoms with Crippen molar-refractivity contribution in [2.45, 2.75) is 205 Å². The Morgan fingerprint density at radius 1 is 0.417 bits per heavy atom. The van der Waals surface area contributed by atoms with Gasteiger partial charge in [-0.25, -0.2) is 4.57 Å². The van der Waals surface area contributed by atoms with E-state index in [1.165, 1.54) is 209 Å². The van der Waals surface area contributed by atoms with Crippen molar-refractivity contribution in [1.29, 1.82) is 0 Å². The molecule has 0 N–H and O–H groups in total. The highest BCUT2D eigenvalue weighted by Crippen LogP contribution is 2.25. The average molecular weight is 656 g/mol. The highest BCUT2D eigenvalue weighted by Gasteiger charge is 2.18. The largest absolute Gasteiger partial charge is 0.372 e. The third-order valence-electron chi connectivity index (χ3n) is 11.8. The van der Waals surface area contributed by atoms with E-state index < -0.39 is 0 Å². The van der Waals surface area contributed by atoms with Crippen LogP contribution in [0.25, 0.3) is 12.2 Å². The van der Waals surface area contributed by atoms with Crippen LogP contribution in [0.5, 0.6) is 0 Å². The molecule has 1 aromatic heterocycles. The molecule has 2 heteroatoms. The topological polar surface area (TPSA) is 7.12 Å². The van der Waals surface area contributed by atoms with E-state index in [1.54, 1.807) is 0 Å². The Labute approximate surface area is 298 Å². The van der Waals surface area contributed by atoms with Crippen molar-refractivity contribution in [3.63, 3.8) is 0 Å². The Hall–Kier alpha value is -2.09. The summed E-state index contributed by atoms with van der Waals surface area (Å²) in [6.45, 7) is 0. The van der Waals surface area contributed by atoms with Gasteiger partial charge < -0.3 is 4.90 Å². The number of benzene rings is 1. The van der Waals surface area contributed by atoms with Crippen LogP contribution in [0.2, 0.25) is 0 Å². The van der Waals surface area contributed by atoms with E-state index in [0.717, 1.165) is 0 Å². The number of rotatable bonds is 5. The highest BCUT2D eigenvalue weighted by atomic mass is 15.1. The minimum Gasteiger partial charge on any atom is -0.372 e. The number of pyridine rings is 1. The zero-order valence-corrected chi connectivity index (χ0v) is 31.5. The Morgan fingerprint density at radius 3 is 1.10 bits per heavy atom. The molecule has 2 nitrogen and oxygen atoms in total. The van der Waals surface area contributed by atoms with Gasteiger partial charge in [0.25, 0.3) is 0 Å². The molecule has 2 saturated carbocycles. The van der Waals surface area contributed by atoms with Gasteiger partial charge in [-0.2, -0.15) is 0 Å². The molecule has 0 spiro atoms. The maximum atomic E-state index is 2.60. The molecule has 2 aliphatic rings. The van der Waals surface area contributed by atoms with Gasteiger partial charge in [-0.15, -0.1) is 0 Å². The first-order chi connectivity index (χ1) is 23.8. The molecule has 0 saturated heterocycles. The van der Waals surface area contributed by atoms with Crippen LogP contribution >= 0.6 is 0 Å². The van der Waals surface area contributed by atoms with Gasteiger partial charge in [-0.05, 0) is 48.9 Å². The Kier molecular flexibility index (Phi) is 20.1. The monoisotopic (exact) mass is 656 g/mol. The molecule has 0 aliphatic heterocycles. The Balaban J connectivity index is 1.28. The SMILES string of the molecule is CN(c1ccc(/C=C/c2cc[n+](C3CCCCCCCCCCCCCCC3)cc2)cc1)C1CCCCCCCCCCCCCCC1. The number of nitrogens with zero attached hydrogens (tertiary/aromatic N) is 2. The van der Waals surface area contributed by atoms with Crippen molar-refractivity contribution in [3.8, 4) is 0 Å². The molecule has 1 heterocycles. The lowest BCUT2D eigenvalue weighted by Crippen LogP contribution is -2.38. The highest BCUT2D eigenvalue weighted by molar-refractivity contribution is 5.70. The quantitative estimate of drug-likeness (QED) is 0.291. The average Bonchev–Trinajstić information content (AvgIpc) is 3.11. The minimum absolute atomic E-state index is 0.657. The molecule has 2 fully saturated rings. The second kappa shape index (κ2) is 25.0. The van der Waals surface area contributed by atoms with Crippen molar-refractivity contribution in [2.24, 2.45) is 0 Å². The lowest BCUT2D eigenvalue weighted by Gasteiger charge is -2.31. The van der Waals surface area contributed by atoms with Gasteiger partial charge >= 0.3 is 0 Å². The van der Waals surface area contributed by atoms with Crippen LogP contribution in [0.15, 0.2) is 48.8 Å². The predicted molar refractivity (Wildman–Crippen MR) is 212 cm³/mol. The summed E-state index contributed by atoms with van der Waals surface area (Å²) in [7, 11) is 2.35. The van der Waals surface area contributed by atoms with E-state index in [1.807, 2.05) is 0 Å². The fourth-order valence-corrected chi connectivity index (χ4v) is 8.41. The summed E-state index contributed by atoms with van der Waals surface area (Å²) in [5, 5.41) is 0. The van der Waals surface area contributed by atoms with Crippen LogP contribution < -0.4 is 9.47 Å². The van der Waals surface area contributed by atoms with E-state index in [9.17, 15) is 0 Å². The van der Waals surface area contributed by atoms with Crippen molar-refractivity contribution in [3.05, 3.63) is 59.9 Å². The summed E-state index contributed by atoms with van der Waals surface area (Å²) in [6, 6.07) is 15.3. The van der Waals surface area contributed by atoms with Gasteiger partial charge in [-0.1, -0.05) is 178 Å². The second-order valence-corrected chi connectivity index (χ2v) is 15.8. The molecular formula is C46H75N2+. The van der Waals surface area contributed by atoms with Crippen LogP contribution in [-0.4, -0.2) is 13.1 Å². The molecule has 1 aromatic carbocycles. The molecule has 0 radical (unpaired) electrons. The van der Waals surface area contributed by atoms with Crippen molar-refractivity contribution in [2.75, 3.05) is 11.9 Å². The van der Waals surface area contributed by atoms with Gasteiger partial charge in [0.15, 0.2) is 18.4 Å². The molecule has 0 unspecified atom stereocenters. The maximum Gasteiger partial charge on any atom is 0.169 e. The lowest BCUT2D eigenvalue weighted by molar-refractivity contribution is -0.724. The Morgan fingerprint density at radius 2 is 0.729 bits per heavy atom. The van der Waals surface area contributed by atoms with Gasteiger partial charge in [0.1, 0.15) is 0 Å². The lowest BCUT2D eigenvalue weighted by atomic mass is 9.97. The van der Waals surface area contributed by atoms with E-state index >= 15 is 0 Å². The number of aromatic nitrogens is 1. The van der Waals surface area contributed by atoms with Crippen LogP contribution in [0, 0.1) is 0 Å². The summed E-state index contributed by atoms with van der Waals surface area (Å²) in [4.78, 5) is 2.60. The van der Waals surface area contributed by atoms with Crippen molar-refractivity contribution < 1.29 is 4.57 Å². The fourth-order valence-electron chi connectivity index (χ4n) is 8.41. The van der Waals surface area contributed by atoms with E-state index in [2.05, 4.69) is 77.5 Å². The first kappa shape index (κ1) is 38.7. The molecule has 0 amide bonds. The van der Waals surface area contributed by atoms with E-state index in [-0.39, 0.29) is 0 Å². The van der Waals surface area contributed by atoms with Gasteiger partial charge in [-0.3, -0.25) is 0 Å². The van der Waals surface area contributed by atoms with Crippen molar-refractivity contribution >= 4 is 17.8 Å². The van der Waals surface area contributed by atoms with Crippen molar-refractivity contribution in [1.82, 2.24) is 0 Å². The molecule has 2 aromatic rings. The molecule has 4 rings (SSSR count). The zero-order chi connectivity index (χ0) is 33.3. The molecule has 48 heavy (non-hydrogen) atoms. The van der Waals surface area contributed by atoms with E-state index in [4.69, 9.17) is 0 Å². The molecule has 2 aliphatic carbocycles. The first-order valence-electron chi connectivity index (χ1n) is 21.3.